The second kappa shape index (κ2) is 4.53. The molecule has 0 aliphatic carbocycles. The van der Waals surface area contributed by atoms with Gasteiger partial charge in [-0.2, -0.15) is 0 Å². The molecule has 0 aliphatic heterocycles. The first kappa shape index (κ1) is 11.0. The van der Waals surface area contributed by atoms with Crippen LogP contribution in [0, 0.1) is 0 Å². The van der Waals surface area contributed by atoms with Gasteiger partial charge in [0.25, 0.3) is 0 Å². The molecule has 0 atom stereocenters. The molecule has 0 bridgehead atoms. The molecule has 84 valence electrons. The third kappa shape index (κ3) is 2.02. The van der Waals surface area contributed by atoms with E-state index in [1.807, 2.05) is 31.2 Å². The van der Waals surface area contributed by atoms with Gasteiger partial charge in [0.15, 0.2) is 0 Å². The van der Waals surface area contributed by atoms with Crippen molar-refractivity contribution in [2.75, 3.05) is 7.11 Å². The molecule has 0 radical (unpaired) electrons. The van der Waals surface area contributed by atoms with E-state index in [-0.39, 0.29) is 4.87 Å². The van der Waals surface area contributed by atoms with Crippen LogP contribution in [0.25, 0.3) is 11.3 Å². The number of H-pyrrole nitrogens is 1. The summed E-state index contributed by atoms with van der Waals surface area (Å²) in [7, 11) is 1.64. The Morgan fingerprint density at radius 2 is 2.25 bits per heavy atom. The lowest BCUT2D eigenvalue weighted by Crippen LogP contribution is -1.92. The van der Waals surface area contributed by atoms with E-state index in [1.165, 1.54) is 11.3 Å². The minimum Gasteiger partial charge on any atom is -0.497 e. The highest BCUT2D eigenvalue weighted by molar-refractivity contribution is 7.09. The molecule has 1 aromatic heterocycles. The van der Waals surface area contributed by atoms with Crippen molar-refractivity contribution >= 4 is 11.3 Å². The summed E-state index contributed by atoms with van der Waals surface area (Å²) in [6.07, 6.45) is 0.857. The average molecular weight is 235 g/mol. The van der Waals surface area contributed by atoms with Crippen LogP contribution in [0.15, 0.2) is 29.1 Å². The Balaban J connectivity index is 2.53. The van der Waals surface area contributed by atoms with Gasteiger partial charge < -0.3 is 9.72 Å². The zero-order chi connectivity index (χ0) is 11.5. The summed E-state index contributed by atoms with van der Waals surface area (Å²) in [6.45, 7) is 2.04. The molecule has 1 aromatic carbocycles. The van der Waals surface area contributed by atoms with E-state index in [0.29, 0.717) is 0 Å². The Bertz CT molecular complexity index is 542. The molecule has 2 aromatic rings. The van der Waals surface area contributed by atoms with Crippen LogP contribution in [0.1, 0.15) is 11.8 Å². The van der Waals surface area contributed by atoms with Crippen molar-refractivity contribution in [3.05, 3.63) is 38.8 Å². The largest absolute Gasteiger partial charge is 0.497 e. The molecule has 1 N–H and O–H groups in total. The lowest BCUT2D eigenvalue weighted by Gasteiger charge is -2.04. The summed E-state index contributed by atoms with van der Waals surface area (Å²) >= 11 is 1.27. The van der Waals surface area contributed by atoms with E-state index in [4.69, 9.17) is 4.74 Å². The van der Waals surface area contributed by atoms with Gasteiger partial charge in [0, 0.05) is 10.4 Å². The zero-order valence-corrected chi connectivity index (χ0v) is 10.1. The van der Waals surface area contributed by atoms with Crippen LogP contribution in [0.2, 0.25) is 0 Å². The average Bonchev–Trinajstić information content (AvgIpc) is 2.70. The number of rotatable bonds is 3. The Morgan fingerprint density at radius 3 is 2.94 bits per heavy atom. The molecule has 2 rings (SSSR count). The molecule has 16 heavy (non-hydrogen) atoms. The predicted molar refractivity (Wildman–Crippen MR) is 66.3 cm³/mol. The fourth-order valence-corrected chi connectivity index (χ4v) is 2.41. The van der Waals surface area contributed by atoms with Gasteiger partial charge in [-0.25, -0.2) is 0 Å². The first-order chi connectivity index (χ1) is 7.74. The smallest absolute Gasteiger partial charge is 0.305 e. The van der Waals surface area contributed by atoms with Gasteiger partial charge in [0.1, 0.15) is 5.75 Å². The molecule has 0 saturated heterocycles. The fraction of sp³-hybridized carbons (Fsp3) is 0.250. The van der Waals surface area contributed by atoms with Gasteiger partial charge in [-0.05, 0) is 18.6 Å². The van der Waals surface area contributed by atoms with Crippen LogP contribution in [0.3, 0.4) is 0 Å². The van der Waals surface area contributed by atoms with E-state index < -0.39 is 0 Å². The maximum absolute atomic E-state index is 11.3. The number of thiazole rings is 1. The van der Waals surface area contributed by atoms with Crippen molar-refractivity contribution in [2.24, 2.45) is 0 Å². The topological polar surface area (TPSA) is 42.1 Å². The number of benzene rings is 1. The molecule has 0 amide bonds. The van der Waals surface area contributed by atoms with Crippen molar-refractivity contribution in [3.8, 4) is 17.0 Å². The minimum atomic E-state index is -0.00494. The third-order valence-corrected chi connectivity index (χ3v) is 3.43. The highest BCUT2D eigenvalue weighted by atomic mass is 32.1. The Labute approximate surface area is 97.7 Å². The lowest BCUT2D eigenvalue weighted by molar-refractivity contribution is 0.415. The second-order valence-electron chi connectivity index (χ2n) is 3.40. The monoisotopic (exact) mass is 235 g/mol. The third-order valence-electron chi connectivity index (χ3n) is 2.40. The van der Waals surface area contributed by atoms with Gasteiger partial charge >= 0.3 is 4.87 Å². The summed E-state index contributed by atoms with van der Waals surface area (Å²) in [5.74, 6) is 0.798. The standard InChI is InChI=1S/C12H13NO2S/c1-3-10-11(13-12(14)16-10)8-5-4-6-9(7-8)15-2/h4-7H,3H2,1-2H3,(H,13,14). The summed E-state index contributed by atoms with van der Waals surface area (Å²) in [5, 5.41) is 0. The van der Waals surface area contributed by atoms with Crippen LogP contribution in [0.4, 0.5) is 0 Å². The molecule has 0 fully saturated rings. The number of nitrogens with one attached hydrogen (secondary N) is 1. The van der Waals surface area contributed by atoms with E-state index >= 15 is 0 Å². The van der Waals surface area contributed by atoms with Crippen LogP contribution in [-0.4, -0.2) is 12.1 Å². The number of hydrogen-bond acceptors (Lipinski definition) is 3. The molecule has 3 nitrogen and oxygen atoms in total. The number of aromatic amines is 1. The van der Waals surface area contributed by atoms with E-state index in [0.717, 1.165) is 28.3 Å². The van der Waals surface area contributed by atoms with E-state index in [9.17, 15) is 4.79 Å². The number of aryl methyl sites for hydroxylation is 1. The molecule has 0 aliphatic rings. The molecular formula is C12H13NO2S. The Kier molecular flexibility index (Phi) is 3.10. The summed E-state index contributed by atoms with van der Waals surface area (Å²) in [5.41, 5.74) is 1.91. The SMILES string of the molecule is CCc1sc(=O)[nH]c1-c1cccc(OC)c1. The summed E-state index contributed by atoms with van der Waals surface area (Å²) in [4.78, 5) is 15.3. The number of methoxy groups -OCH3 is 1. The second-order valence-corrected chi connectivity index (χ2v) is 4.47. The van der Waals surface area contributed by atoms with Crippen molar-refractivity contribution in [3.63, 3.8) is 0 Å². The number of ether oxygens (including phenoxy) is 1. The highest BCUT2D eigenvalue weighted by Crippen LogP contribution is 2.26. The lowest BCUT2D eigenvalue weighted by atomic mass is 10.1. The first-order valence-corrected chi connectivity index (χ1v) is 5.92. The minimum absolute atomic E-state index is 0.00494. The van der Waals surface area contributed by atoms with Crippen LogP contribution >= 0.6 is 11.3 Å². The predicted octanol–water partition coefficient (Wildman–Crippen LogP) is 2.67. The summed E-state index contributed by atoms with van der Waals surface area (Å²) in [6, 6.07) is 7.71. The van der Waals surface area contributed by atoms with Gasteiger partial charge in [-0.15, -0.1) is 0 Å². The first-order valence-electron chi connectivity index (χ1n) is 5.11. The van der Waals surface area contributed by atoms with E-state index in [2.05, 4.69) is 4.98 Å². The van der Waals surface area contributed by atoms with Gasteiger partial charge in [-0.3, -0.25) is 4.79 Å². The Morgan fingerprint density at radius 1 is 1.44 bits per heavy atom. The highest BCUT2D eigenvalue weighted by Gasteiger charge is 2.08. The fourth-order valence-electron chi connectivity index (χ4n) is 1.62. The van der Waals surface area contributed by atoms with Gasteiger partial charge in [0.2, 0.25) is 0 Å². The van der Waals surface area contributed by atoms with Crippen LogP contribution in [0.5, 0.6) is 5.75 Å². The quantitative estimate of drug-likeness (QED) is 0.888. The molecule has 0 unspecified atom stereocenters. The number of aromatic nitrogens is 1. The van der Waals surface area contributed by atoms with Crippen molar-refractivity contribution in [2.45, 2.75) is 13.3 Å². The van der Waals surface area contributed by atoms with Crippen molar-refractivity contribution in [1.29, 1.82) is 0 Å². The molecule has 0 spiro atoms. The van der Waals surface area contributed by atoms with Gasteiger partial charge in [0.05, 0.1) is 12.8 Å². The maximum atomic E-state index is 11.3. The molecule has 4 heteroatoms. The van der Waals surface area contributed by atoms with Crippen molar-refractivity contribution < 1.29 is 4.74 Å². The normalized spacial score (nSPS) is 10.4. The summed E-state index contributed by atoms with van der Waals surface area (Å²) < 4.78 is 5.17. The van der Waals surface area contributed by atoms with Crippen LogP contribution in [-0.2, 0) is 6.42 Å². The van der Waals surface area contributed by atoms with Gasteiger partial charge in [-0.1, -0.05) is 30.4 Å². The Hall–Kier alpha value is -1.55. The molecular weight excluding hydrogens is 222 g/mol. The molecule has 0 saturated carbocycles. The zero-order valence-electron chi connectivity index (χ0n) is 9.24. The van der Waals surface area contributed by atoms with E-state index in [1.54, 1.807) is 7.11 Å². The number of hydrogen-bond donors (Lipinski definition) is 1. The maximum Gasteiger partial charge on any atom is 0.305 e. The molecule has 1 heterocycles. The van der Waals surface area contributed by atoms with Crippen molar-refractivity contribution in [1.82, 2.24) is 4.98 Å². The van der Waals surface area contributed by atoms with Crippen LogP contribution < -0.4 is 9.61 Å².